The van der Waals surface area contributed by atoms with Gasteiger partial charge in [0.1, 0.15) is 6.42 Å². The van der Waals surface area contributed by atoms with E-state index < -0.39 is 21.8 Å². The minimum Gasteiger partial charge on any atom is -0.324 e. The third-order valence-electron chi connectivity index (χ3n) is 4.31. The van der Waals surface area contributed by atoms with Gasteiger partial charge in [-0.1, -0.05) is 37.3 Å². The van der Waals surface area contributed by atoms with E-state index in [2.05, 4.69) is 15.4 Å². The van der Waals surface area contributed by atoms with Crippen molar-refractivity contribution in [3.05, 3.63) is 54.1 Å². The lowest BCUT2D eigenvalue weighted by molar-refractivity contribution is -0.123. The van der Waals surface area contributed by atoms with Crippen molar-refractivity contribution in [2.45, 2.75) is 37.1 Å². The minimum atomic E-state index is -3.78. The number of amides is 2. The van der Waals surface area contributed by atoms with Crippen LogP contribution in [0.4, 0.5) is 11.4 Å². The second-order valence-electron chi connectivity index (χ2n) is 6.40. The Hall–Kier alpha value is -2.71. The normalized spacial score (nSPS) is 15.3. The summed E-state index contributed by atoms with van der Waals surface area (Å²) < 4.78 is 28.3. The molecule has 1 unspecified atom stereocenters. The maximum absolute atomic E-state index is 12.8. The average Bonchev–Trinajstić information content (AvgIpc) is 2.77. The van der Waals surface area contributed by atoms with Crippen LogP contribution in [-0.2, 0) is 26.0 Å². The zero-order chi connectivity index (χ0) is 19.4. The van der Waals surface area contributed by atoms with Gasteiger partial charge in [0.2, 0.25) is 21.8 Å². The van der Waals surface area contributed by atoms with Gasteiger partial charge in [0.15, 0.2) is 0 Å². The molecule has 0 saturated carbocycles. The highest BCUT2D eigenvalue weighted by Gasteiger charge is 2.23. The molecule has 2 aromatic rings. The molecule has 7 nitrogen and oxygen atoms in total. The Morgan fingerprint density at radius 1 is 1.00 bits per heavy atom. The predicted octanol–water partition coefficient (Wildman–Crippen LogP) is 2.27. The Bertz CT molecular complexity index is 958. The quantitative estimate of drug-likeness (QED) is 0.661. The highest BCUT2D eigenvalue weighted by molar-refractivity contribution is 7.89. The molecule has 1 aliphatic rings. The van der Waals surface area contributed by atoms with E-state index in [0.717, 1.165) is 5.56 Å². The lowest BCUT2D eigenvalue weighted by Gasteiger charge is -2.18. The minimum absolute atomic E-state index is 0.0317. The first-order valence-electron chi connectivity index (χ1n) is 8.67. The molecule has 0 spiro atoms. The molecule has 1 atom stereocenters. The molecule has 3 N–H and O–H groups in total. The Labute approximate surface area is 158 Å². The van der Waals surface area contributed by atoms with Gasteiger partial charge in [-0.2, -0.15) is 0 Å². The first-order valence-corrected chi connectivity index (χ1v) is 10.2. The van der Waals surface area contributed by atoms with Gasteiger partial charge in [-0.05, 0) is 36.6 Å². The Balaban J connectivity index is 1.82. The predicted molar refractivity (Wildman–Crippen MR) is 103 cm³/mol. The van der Waals surface area contributed by atoms with Crippen molar-refractivity contribution < 1.29 is 18.0 Å². The van der Waals surface area contributed by atoms with Crippen LogP contribution in [0.3, 0.4) is 0 Å². The smallest absolute Gasteiger partial charge is 0.240 e. The molecule has 0 saturated heterocycles. The lowest BCUT2D eigenvalue weighted by atomic mass is 10.1. The zero-order valence-corrected chi connectivity index (χ0v) is 15.7. The van der Waals surface area contributed by atoms with Crippen LogP contribution in [0.2, 0.25) is 0 Å². The number of carbonyl (C=O) groups excluding carboxylic acids is 2. The number of hydrogen-bond donors (Lipinski definition) is 3. The molecular formula is C19H21N3O4S. The van der Waals surface area contributed by atoms with Crippen molar-refractivity contribution in [1.29, 1.82) is 0 Å². The number of sulfonamides is 1. The maximum atomic E-state index is 12.8. The van der Waals surface area contributed by atoms with Gasteiger partial charge < -0.3 is 10.6 Å². The average molecular weight is 387 g/mol. The molecule has 0 aromatic heterocycles. The van der Waals surface area contributed by atoms with Gasteiger partial charge in [0.25, 0.3) is 0 Å². The van der Waals surface area contributed by atoms with Crippen LogP contribution >= 0.6 is 0 Å². The second-order valence-corrected chi connectivity index (χ2v) is 8.11. The van der Waals surface area contributed by atoms with Gasteiger partial charge >= 0.3 is 0 Å². The van der Waals surface area contributed by atoms with Crippen LogP contribution in [-0.4, -0.2) is 26.3 Å². The van der Waals surface area contributed by atoms with E-state index >= 15 is 0 Å². The molecule has 27 heavy (non-hydrogen) atoms. The van der Waals surface area contributed by atoms with E-state index in [1.807, 2.05) is 37.3 Å². The fourth-order valence-corrected chi connectivity index (χ4v) is 4.24. The molecule has 3 rings (SSSR count). The summed E-state index contributed by atoms with van der Waals surface area (Å²) in [4.78, 5) is 23.3. The fourth-order valence-electron chi connectivity index (χ4n) is 2.89. The summed E-state index contributed by atoms with van der Waals surface area (Å²) in [5.41, 5.74) is 1.69. The van der Waals surface area contributed by atoms with Gasteiger partial charge in [0, 0.05) is 6.04 Å². The summed E-state index contributed by atoms with van der Waals surface area (Å²) in [5, 5.41) is 5.14. The first-order chi connectivity index (χ1) is 12.9. The number of fused-ring (bicyclic) bond motifs is 1. The van der Waals surface area contributed by atoms with Crippen molar-refractivity contribution >= 4 is 33.2 Å². The summed E-state index contributed by atoms with van der Waals surface area (Å²) in [6.45, 7) is 1.92. The summed E-state index contributed by atoms with van der Waals surface area (Å²) in [5.74, 6) is -0.918. The van der Waals surface area contributed by atoms with E-state index in [-0.39, 0.29) is 23.0 Å². The monoisotopic (exact) mass is 387 g/mol. The molecular weight excluding hydrogens is 366 g/mol. The molecule has 1 aliphatic heterocycles. The van der Waals surface area contributed by atoms with Crippen molar-refractivity contribution in [2.75, 3.05) is 10.6 Å². The van der Waals surface area contributed by atoms with E-state index in [9.17, 15) is 18.0 Å². The molecule has 0 radical (unpaired) electrons. The number of benzene rings is 2. The molecule has 2 amide bonds. The van der Waals surface area contributed by atoms with Crippen LogP contribution in [0, 0.1) is 0 Å². The first kappa shape index (κ1) is 19.1. The third kappa shape index (κ3) is 4.72. The fraction of sp³-hybridized carbons (Fsp3) is 0.263. The SMILES string of the molecule is CCC(Cc1ccccc1)NS(=O)(=O)c1ccc2c(c1)NC(=O)CC(=O)N2. The highest BCUT2D eigenvalue weighted by atomic mass is 32.2. The Morgan fingerprint density at radius 3 is 2.33 bits per heavy atom. The summed E-state index contributed by atoms with van der Waals surface area (Å²) in [6, 6.07) is 13.6. The number of rotatable bonds is 6. The van der Waals surface area contributed by atoms with E-state index in [4.69, 9.17) is 0 Å². The van der Waals surface area contributed by atoms with Crippen molar-refractivity contribution in [3.8, 4) is 0 Å². The molecule has 0 aliphatic carbocycles. The lowest BCUT2D eigenvalue weighted by Crippen LogP contribution is -2.36. The van der Waals surface area contributed by atoms with Crippen molar-refractivity contribution in [2.24, 2.45) is 0 Å². The number of anilines is 2. The Kier molecular flexibility index (Phi) is 5.57. The number of nitrogens with one attached hydrogen (secondary N) is 3. The van der Waals surface area contributed by atoms with Gasteiger partial charge in [-0.3, -0.25) is 9.59 Å². The molecule has 0 bridgehead atoms. The van der Waals surface area contributed by atoms with Gasteiger partial charge in [-0.15, -0.1) is 0 Å². The van der Waals surface area contributed by atoms with Crippen LogP contribution < -0.4 is 15.4 Å². The van der Waals surface area contributed by atoms with E-state index in [1.54, 1.807) is 0 Å². The molecule has 2 aromatic carbocycles. The van der Waals surface area contributed by atoms with E-state index in [1.165, 1.54) is 18.2 Å². The third-order valence-corrected chi connectivity index (χ3v) is 5.83. The standard InChI is InChI=1S/C19H21N3O4S/c1-2-14(10-13-6-4-3-5-7-13)22-27(25,26)15-8-9-16-17(11-15)21-19(24)12-18(23)20-16/h3-9,11,14,22H,2,10,12H2,1H3,(H,20,23)(H,21,24). The summed E-state index contributed by atoms with van der Waals surface area (Å²) >= 11 is 0. The zero-order valence-electron chi connectivity index (χ0n) is 14.9. The summed E-state index contributed by atoms with van der Waals surface area (Å²) in [6.07, 6.45) is 0.907. The maximum Gasteiger partial charge on any atom is 0.240 e. The van der Waals surface area contributed by atoms with Crippen LogP contribution in [0.5, 0.6) is 0 Å². The molecule has 8 heteroatoms. The van der Waals surface area contributed by atoms with Gasteiger partial charge in [0.05, 0.1) is 16.3 Å². The topological polar surface area (TPSA) is 104 Å². The molecule has 0 fully saturated rings. The number of hydrogen-bond acceptors (Lipinski definition) is 4. The number of carbonyl (C=O) groups is 2. The highest BCUT2D eigenvalue weighted by Crippen LogP contribution is 2.28. The summed E-state index contributed by atoms with van der Waals surface area (Å²) in [7, 11) is -3.78. The largest absolute Gasteiger partial charge is 0.324 e. The van der Waals surface area contributed by atoms with Crippen LogP contribution in [0.25, 0.3) is 0 Å². The van der Waals surface area contributed by atoms with Crippen LogP contribution in [0.1, 0.15) is 25.3 Å². The van der Waals surface area contributed by atoms with Crippen molar-refractivity contribution in [3.63, 3.8) is 0 Å². The molecule has 1 heterocycles. The van der Waals surface area contributed by atoms with Crippen molar-refractivity contribution in [1.82, 2.24) is 4.72 Å². The molecule has 142 valence electrons. The van der Waals surface area contributed by atoms with E-state index in [0.29, 0.717) is 18.5 Å². The second kappa shape index (κ2) is 7.89. The van der Waals surface area contributed by atoms with Gasteiger partial charge in [-0.25, -0.2) is 13.1 Å². The Morgan fingerprint density at radius 2 is 1.67 bits per heavy atom. The van der Waals surface area contributed by atoms with Crippen LogP contribution in [0.15, 0.2) is 53.4 Å².